The van der Waals surface area contributed by atoms with Crippen LogP contribution < -0.4 is 5.32 Å². The molecule has 0 saturated carbocycles. The van der Waals surface area contributed by atoms with E-state index in [1.807, 2.05) is 19.1 Å². The van der Waals surface area contributed by atoms with Crippen LogP contribution in [0.1, 0.15) is 21.9 Å². The van der Waals surface area contributed by atoms with Gasteiger partial charge in [0.2, 0.25) is 0 Å². The molecule has 4 nitrogen and oxygen atoms in total. The van der Waals surface area contributed by atoms with Crippen LogP contribution in [-0.2, 0) is 0 Å². The fourth-order valence-electron chi connectivity index (χ4n) is 2.35. The van der Waals surface area contributed by atoms with Gasteiger partial charge in [-0.1, -0.05) is 12.1 Å². The van der Waals surface area contributed by atoms with Gasteiger partial charge in [0, 0.05) is 18.2 Å². The van der Waals surface area contributed by atoms with Crippen LogP contribution in [0.4, 0.5) is 10.1 Å². The van der Waals surface area contributed by atoms with Crippen LogP contribution in [0.3, 0.4) is 0 Å². The van der Waals surface area contributed by atoms with E-state index in [0.717, 1.165) is 11.3 Å². The highest BCUT2D eigenvalue weighted by Gasteiger charge is 2.12. The molecule has 0 aliphatic heterocycles. The summed E-state index contributed by atoms with van der Waals surface area (Å²) in [5, 5.41) is 2.67. The summed E-state index contributed by atoms with van der Waals surface area (Å²) >= 11 is 0. The summed E-state index contributed by atoms with van der Waals surface area (Å²) < 4.78 is 19.2. The lowest BCUT2D eigenvalue weighted by molar-refractivity contribution is 0.102. The van der Waals surface area contributed by atoms with E-state index >= 15 is 0 Å². The molecule has 1 N–H and O–H groups in total. The lowest BCUT2D eigenvalue weighted by atomic mass is 10.1. The number of hydrogen-bond donors (Lipinski definition) is 1. The molecule has 0 spiro atoms. The Kier molecular flexibility index (Phi) is 3.93. The van der Waals surface area contributed by atoms with Gasteiger partial charge in [-0.3, -0.25) is 4.79 Å². The number of halogens is 1. The number of nitrogens with zero attached hydrogens (tertiary/aromatic N) is 1. The van der Waals surface area contributed by atoms with E-state index in [2.05, 4.69) is 10.3 Å². The number of nitrogens with one attached hydrogen (secondary N) is 1. The van der Waals surface area contributed by atoms with E-state index in [1.165, 1.54) is 12.1 Å². The van der Waals surface area contributed by atoms with Gasteiger partial charge in [0.25, 0.3) is 5.91 Å². The average Bonchev–Trinajstić information content (AvgIpc) is 2.87. The van der Waals surface area contributed by atoms with Crippen molar-refractivity contribution >= 4 is 11.6 Å². The van der Waals surface area contributed by atoms with Crippen LogP contribution >= 0.6 is 0 Å². The number of aromatic nitrogens is 1. The van der Waals surface area contributed by atoms with Crippen molar-refractivity contribution in [3.8, 4) is 11.3 Å². The number of rotatable bonds is 3. The molecule has 0 aliphatic carbocycles. The molecule has 0 bridgehead atoms. The fourth-order valence-corrected chi connectivity index (χ4v) is 2.35. The molecular weight excluding hydrogens is 295 g/mol. The molecule has 0 unspecified atom stereocenters. The zero-order chi connectivity index (χ0) is 16.4. The molecule has 116 valence electrons. The molecule has 0 atom stereocenters. The summed E-state index contributed by atoms with van der Waals surface area (Å²) in [5.74, 6) is 0.279. The van der Waals surface area contributed by atoms with Crippen LogP contribution in [-0.4, -0.2) is 10.9 Å². The number of carbonyl (C=O) groups is 1. The van der Waals surface area contributed by atoms with Gasteiger partial charge < -0.3 is 9.73 Å². The summed E-state index contributed by atoms with van der Waals surface area (Å²) in [7, 11) is 0. The Balaban J connectivity index is 1.79. The van der Waals surface area contributed by atoms with Crippen molar-refractivity contribution in [2.24, 2.45) is 0 Å². The largest absolute Gasteiger partial charge is 0.441 e. The second kappa shape index (κ2) is 6.04. The summed E-state index contributed by atoms with van der Waals surface area (Å²) in [6.45, 7) is 3.67. The maximum Gasteiger partial charge on any atom is 0.258 e. The van der Waals surface area contributed by atoms with Crippen molar-refractivity contribution in [3.05, 3.63) is 71.5 Å². The third kappa shape index (κ3) is 3.13. The number of carbonyl (C=O) groups excluding carboxylic acids is 1. The summed E-state index contributed by atoms with van der Waals surface area (Å²) in [6.07, 6.45) is 0. The molecule has 1 aromatic heterocycles. The molecule has 5 heteroatoms. The van der Waals surface area contributed by atoms with Crippen LogP contribution in [0.15, 0.2) is 52.9 Å². The number of oxazole rings is 1. The highest BCUT2D eigenvalue weighted by Crippen LogP contribution is 2.25. The number of aryl methyl sites for hydroxylation is 2. The van der Waals surface area contributed by atoms with E-state index in [1.54, 1.807) is 31.2 Å². The van der Waals surface area contributed by atoms with Gasteiger partial charge in [-0.2, -0.15) is 0 Å². The van der Waals surface area contributed by atoms with Gasteiger partial charge in [-0.25, -0.2) is 9.37 Å². The lowest BCUT2D eigenvalue weighted by Crippen LogP contribution is -2.13. The van der Waals surface area contributed by atoms with Crippen molar-refractivity contribution in [1.82, 2.24) is 4.98 Å². The summed E-state index contributed by atoms with van der Waals surface area (Å²) in [4.78, 5) is 16.3. The minimum atomic E-state index is -0.547. The van der Waals surface area contributed by atoms with Crippen LogP contribution in [0.25, 0.3) is 11.3 Å². The van der Waals surface area contributed by atoms with Crippen LogP contribution in [0.2, 0.25) is 0 Å². The van der Waals surface area contributed by atoms with Gasteiger partial charge in [-0.05, 0) is 43.3 Å². The van der Waals surface area contributed by atoms with Crippen molar-refractivity contribution in [3.63, 3.8) is 0 Å². The molecule has 0 fully saturated rings. The first-order valence-electron chi connectivity index (χ1n) is 7.15. The normalized spacial score (nSPS) is 10.6. The molecule has 3 rings (SSSR count). The van der Waals surface area contributed by atoms with Gasteiger partial charge >= 0.3 is 0 Å². The molecule has 3 aromatic rings. The first-order chi connectivity index (χ1) is 11.0. The van der Waals surface area contributed by atoms with E-state index in [9.17, 15) is 9.18 Å². The Morgan fingerprint density at radius 3 is 2.39 bits per heavy atom. The van der Waals surface area contributed by atoms with Crippen molar-refractivity contribution < 1.29 is 13.6 Å². The van der Waals surface area contributed by atoms with Gasteiger partial charge in [0.05, 0.1) is 11.3 Å². The Morgan fingerprint density at radius 2 is 1.78 bits per heavy atom. The topological polar surface area (TPSA) is 55.1 Å². The standard InChI is InChI=1S/C18H15FN2O2/c1-11-17(23-12(2)20-11)13-7-9-14(10-8-13)21-18(22)15-5-3-4-6-16(15)19/h3-10H,1-2H3,(H,21,22). The third-order valence-electron chi connectivity index (χ3n) is 3.43. The average molecular weight is 310 g/mol. The second-order valence-electron chi connectivity index (χ2n) is 5.16. The SMILES string of the molecule is Cc1nc(C)c(-c2ccc(NC(=O)c3ccccc3F)cc2)o1. The third-order valence-corrected chi connectivity index (χ3v) is 3.43. The van der Waals surface area contributed by atoms with E-state index in [0.29, 0.717) is 17.3 Å². The molecule has 0 radical (unpaired) electrons. The maximum atomic E-state index is 13.6. The zero-order valence-electron chi connectivity index (χ0n) is 12.8. The Labute approximate surface area is 133 Å². The first-order valence-corrected chi connectivity index (χ1v) is 7.15. The predicted octanol–water partition coefficient (Wildman–Crippen LogP) is 4.35. The van der Waals surface area contributed by atoms with E-state index in [4.69, 9.17) is 4.42 Å². The van der Waals surface area contributed by atoms with Crippen LogP contribution in [0.5, 0.6) is 0 Å². The van der Waals surface area contributed by atoms with Crippen molar-refractivity contribution in [2.75, 3.05) is 5.32 Å². The lowest BCUT2D eigenvalue weighted by Gasteiger charge is -2.07. The number of hydrogen-bond acceptors (Lipinski definition) is 3. The minimum absolute atomic E-state index is 0.0123. The van der Waals surface area contributed by atoms with Crippen molar-refractivity contribution in [2.45, 2.75) is 13.8 Å². The molecule has 0 saturated heterocycles. The minimum Gasteiger partial charge on any atom is -0.441 e. The first kappa shape index (κ1) is 15.0. The van der Waals surface area contributed by atoms with Gasteiger partial charge in [0.1, 0.15) is 5.82 Å². The van der Waals surface area contributed by atoms with Gasteiger partial charge in [0.15, 0.2) is 11.7 Å². The Morgan fingerprint density at radius 1 is 1.09 bits per heavy atom. The predicted molar refractivity (Wildman–Crippen MR) is 85.8 cm³/mol. The molecule has 1 amide bonds. The fraction of sp³-hybridized carbons (Fsp3) is 0.111. The highest BCUT2D eigenvalue weighted by atomic mass is 19.1. The monoisotopic (exact) mass is 310 g/mol. The van der Waals surface area contributed by atoms with Crippen LogP contribution in [0, 0.1) is 19.7 Å². The maximum absolute atomic E-state index is 13.6. The van der Waals surface area contributed by atoms with Gasteiger partial charge in [-0.15, -0.1) is 0 Å². The molecule has 2 aromatic carbocycles. The Bertz CT molecular complexity index is 854. The molecule has 1 heterocycles. The smallest absolute Gasteiger partial charge is 0.258 e. The molecule has 0 aliphatic rings. The number of amides is 1. The second-order valence-corrected chi connectivity index (χ2v) is 5.16. The zero-order valence-corrected chi connectivity index (χ0v) is 12.8. The van der Waals surface area contributed by atoms with E-state index in [-0.39, 0.29) is 5.56 Å². The quantitative estimate of drug-likeness (QED) is 0.782. The summed E-state index contributed by atoms with van der Waals surface area (Å²) in [6, 6.07) is 13.0. The molecule has 23 heavy (non-hydrogen) atoms. The summed E-state index contributed by atoms with van der Waals surface area (Å²) in [5.41, 5.74) is 2.27. The number of benzene rings is 2. The van der Waals surface area contributed by atoms with E-state index < -0.39 is 11.7 Å². The highest BCUT2D eigenvalue weighted by molar-refractivity contribution is 6.04. The Hall–Kier alpha value is -2.95. The molecular formula is C18H15FN2O2. The number of anilines is 1. The van der Waals surface area contributed by atoms with Crippen molar-refractivity contribution in [1.29, 1.82) is 0 Å².